The van der Waals surface area contributed by atoms with Crippen LogP contribution in [0.3, 0.4) is 0 Å². The third-order valence-electron chi connectivity index (χ3n) is 4.29. The number of ether oxygens (including phenoxy) is 1. The van der Waals surface area contributed by atoms with Gasteiger partial charge >= 0.3 is 0 Å². The molecule has 1 heterocycles. The molecule has 0 spiro atoms. The maximum absolute atomic E-state index is 14.4. The Balaban J connectivity index is 1.83. The molecule has 180 valence electrons. The van der Waals surface area contributed by atoms with Crippen molar-refractivity contribution in [3.05, 3.63) is 65.1 Å². The fourth-order valence-corrected chi connectivity index (χ4v) is 3.49. The number of carbonyl (C=O) groups excluding carboxylic acids is 1. The summed E-state index contributed by atoms with van der Waals surface area (Å²) in [5.74, 6) is -0.870. The zero-order valence-corrected chi connectivity index (χ0v) is 19.8. The second-order valence-electron chi connectivity index (χ2n) is 7.00. The maximum atomic E-state index is 14.4. The highest BCUT2D eigenvalue weighted by Crippen LogP contribution is 2.30. The second kappa shape index (κ2) is 11.1. The Kier molecular flexibility index (Phi) is 8.21. The molecule has 1 amide bonds. The first kappa shape index (κ1) is 25.1. The average Bonchev–Trinajstić information content (AvgIpc) is 2.78. The van der Waals surface area contributed by atoms with E-state index < -0.39 is 21.7 Å². The van der Waals surface area contributed by atoms with E-state index in [9.17, 15) is 17.6 Å². The Bertz CT molecular complexity index is 1290. The van der Waals surface area contributed by atoms with Crippen LogP contribution >= 0.6 is 11.6 Å². The minimum absolute atomic E-state index is 0.00343. The summed E-state index contributed by atoms with van der Waals surface area (Å²) in [5.41, 5.74) is 0.882. The second-order valence-corrected chi connectivity index (χ2v) is 9.16. The van der Waals surface area contributed by atoms with Crippen molar-refractivity contribution in [2.75, 3.05) is 41.9 Å². The monoisotopic (exact) mass is 508 g/mol. The van der Waals surface area contributed by atoms with Gasteiger partial charge in [-0.05, 0) is 30.3 Å². The predicted octanol–water partition coefficient (Wildman–Crippen LogP) is 3.50. The van der Waals surface area contributed by atoms with E-state index in [0.29, 0.717) is 18.8 Å². The smallest absolute Gasteiger partial charge is 0.251 e. The third-order valence-corrected chi connectivity index (χ3v) is 5.15. The summed E-state index contributed by atoms with van der Waals surface area (Å²) in [4.78, 5) is 20.5. The zero-order valence-electron chi connectivity index (χ0n) is 18.2. The molecule has 34 heavy (non-hydrogen) atoms. The summed E-state index contributed by atoms with van der Waals surface area (Å²) in [5, 5.41) is 8.47. The highest BCUT2D eigenvalue weighted by molar-refractivity contribution is 7.92. The highest BCUT2D eigenvalue weighted by Gasteiger charge is 2.14. The molecule has 3 aromatic rings. The molecular formula is C21H22ClFN6O4S. The zero-order chi connectivity index (χ0) is 24.7. The lowest BCUT2D eigenvalue weighted by Gasteiger charge is -2.14. The molecule has 0 fully saturated rings. The van der Waals surface area contributed by atoms with Crippen LogP contribution in [0.2, 0.25) is 5.02 Å². The first-order valence-corrected chi connectivity index (χ1v) is 12.1. The van der Waals surface area contributed by atoms with E-state index >= 15 is 0 Å². The summed E-state index contributed by atoms with van der Waals surface area (Å²) in [6.45, 7) is 0.649. The number of nitrogens with one attached hydrogen (secondary N) is 4. The average molecular weight is 509 g/mol. The fraction of sp³-hybridized carbons (Fsp3) is 0.190. The molecule has 0 atom stereocenters. The number of para-hydroxylation sites is 2. The molecule has 0 bridgehead atoms. The normalized spacial score (nSPS) is 11.1. The lowest BCUT2D eigenvalue weighted by Crippen LogP contribution is -2.27. The number of halogens is 2. The van der Waals surface area contributed by atoms with Crippen molar-refractivity contribution in [1.29, 1.82) is 0 Å². The molecule has 13 heteroatoms. The van der Waals surface area contributed by atoms with Crippen molar-refractivity contribution in [3.8, 4) is 0 Å². The van der Waals surface area contributed by atoms with Crippen LogP contribution in [0, 0.1) is 5.82 Å². The van der Waals surface area contributed by atoms with Gasteiger partial charge in [0.1, 0.15) is 10.8 Å². The van der Waals surface area contributed by atoms with Crippen molar-refractivity contribution in [2.24, 2.45) is 0 Å². The summed E-state index contributed by atoms with van der Waals surface area (Å²) in [6, 6.07) is 10.4. The van der Waals surface area contributed by atoms with Crippen molar-refractivity contribution in [2.45, 2.75) is 0 Å². The molecule has 0 saturated carbocycles. The van der Waals surface area contributed by atoms with E-state index in [0.717, 1.165) is 12.3 Å². The summed E-state index contributed by atoms with van der Waals surface area (Å²) < 4.78 is 45.0. The van der Waals surface area contributed by atoms with E-state index in [1.807, 2.05) is 0 Å². The van der Waals surface area contributed by atoms with Gasteiger partial charge in [-0.15, -0.1) is 0 Å². The van der Waals surface area contributed by atoms with E-state index in [1.165, 1.54) is 25.4 Å². The van der Waals surface area contributed by atoms with Crippen LogP contribution in [0.1, 0.15) is 10.4 Å². The third kappa shape index (κ3) is 7.01. The number of sulfonamides is 1. The SMILES string of the molecule is COCCNC(=O)c1ccc(F)c(Nc2ncc(Cl)c(Nc3ccccc3NS(C)(=O)=O)n2)c1. The summed E-state index contributed by atoms with van der Waals surface area (Å²) in [7, 11) is -2.01. The minimum Gasteiger partial charge on any atom is -0.383 e. The number of hydrogen-bond donors (Lipinski definition) is 4. The number of methoxy groups -OCH3 is 1. The molecule has 0 aliphatic heterocycles. The van der Waals surface area contributed by atoms with E-state index in [1.54, 1.807) is 24.3 Å². The van der Waals surface area contributed by atoms with Crippen LogP contribution in [-0.2, 0) is 14.8 Å². The van der Waals surface area contributed by atoms with Gasteiger partial charge in [-0.25, -0.2) is 17.8 Å². The number of carbonyl (C=O) groups is 1. The van der Waals surface area contributed by atoms with Crippen LogP contribution in [0.4, 0.5) is 33.2 Å². The largest absolute Gasteiger partial charge is 0.383 e. The first-order chi connectivity index (χ1) is 16.2. The van der Waals surface area contributed by atoms with Gasteiger partial charge in [0, 0.05) is 19.2 Å². The molecule has 0 unspecified atom stereocenters. The molecular weight excluding hydrogens is 487 g/mol. The quantitative estimate of drug-likeness (QED) is 0.306. The molecule has 0 radical (unpaired) electrons. The molecule has 1 aromatic heterocycles. The Morgan fingerprint density at radius 1 is 1.12 bits per heavy atom. The number of rotatable bonds is 10. The van der Waals surface area contributed by atoms with Crippen LogP contribution in [0.15, 0.2) is 48.7 Å². The molecule has 0 aliphatic carbocycles. The highest BCUT2D eigenvalue weighted by atomic mass is 35.5. The minimum atomic E-state index is -3.52. The van der Waals surface area contributed by atoms with Crippen LogP contribution in [-0.4, -0.2) is 50.8 Å². The molecule has 0 aliphatic rings. The van der Waals surface area contributed by atoms with E-state index in [4.69, 9.17) is 16.3 Å². The van der Waals surface area contributed by atoms with Crippen molar-refractivity contribution in [3.63, 3.8) is 0 Å². The standard InChI is InChI=1S/C21H22ClFN6O4S/c1-33-10-9-24-20(30)13-7-8-15(23)18(11-13)27-21-25-12-14(22)19(28-21)26-16-5-3-4-6-17(16)29-34(2,31)32/h3-8,11-12,29H,9-10H2,1-2H3,(H,24,30)(H2,25,26,27,28). The van der Waals surface area contributed by atoms with Crippen molar-refractivity contribution in [1.82, 2.24) is 15.3 Å². The Morgan fingerprint density at radius 3 is 2.56 bits per heavy atom. The lowest BCUT2D eigenvalue weighted by atomic mass is 10.2. The van der Waals surface area contributed by atoms with Crippen LogP contribution in [0.25, 0.3) is 0 Å². The number of anilines is 5. The van der Waals surface area contributed by atoms with Gasteiger partial charge in [-0.2, -0.15) is 4.98 Å². The van der Waals surface area contributed by atoms with Crippen LogP contribution in [0.5, 0.6) is 0 Å². The first-order valence-electron chi connectivity index (χ1n) is 9.86. The van der Waals surface area contributed by atoms with Gasteiger partial charge in [-0.1, -0.05) is 23.7 Å². The predicted molar refractivity (Wildman–Crippen MR) is 129 cm³/mol. The molecule has 0 saturated heterocycles. The molecule has 10 nitrogen and oxygen atoms in total. The van der Waals surface area contributed by atoms with Gasteiger partial charge in [-0.3, -0.25) is 9.52 Å². The van der Waals surface area contributed by atoms with Crippen molar-refractivity contribution < 1.29 is 22.3 Å². The lowest BCUT2D eigenvalue weighted by molar-refractivity contribution is 0.0937. The summed E-state index contributed by atoms with van der Waals surface area (Å²) in [6.07, 6.45) is 2.33. The van der Waals surface area contributed by atoms with Gasteiger partial charge in [0.05, 0.1) is 36.1 Å². The summed E-state index contributed by atoms with van der Waals surface area (Å²) >= 11 is 6.20. The Labute approximate surface area is 201 Å². The van der Waals surface area contributed by atoms with Crippen molar-refractivity contribution >= 4 is 56.4 Å². The molecule has 2 aromatic carbocycles. The Morgan fingerprint density at radius 2 is 1.85 bits per heavy atom. The number of benzene rings is 2. The molecule has 3 rings (SSSR count). The Hall–Kier alpha value is -3.48. The number of nitrogens with zero attached hydrogens (tertiary/aromatic N) is 2. The number of amides is 1. The van der Waals surface area contributed by atoms with Gasteiger partial charge < -0.3 is 20.7 Å². The topological polar surface area (TPSA) is 134 Å². The fourth-order valence-electron chi connectivity index (χ4n) is 2.77. The number of aromatic nitrogens is 2. The molecule has 4 N–H and O–H groups in total. The number of hydrogen-bond acceptors (Lipinski definition) is 8. The maximum Gasteiger partial charge on any atom is 0.251 e. The van der Waals surface area contributed by atoms with Crippen LogP contribution < -0.4 is 20.7 Å². The van der Waals surface area contributed by atoms with Gasteiger partial charge in [0.25, 0.3) is 5.91 Å². The van der Waals surface area contributed by atoms with E-state index in [2.05, 4.69) is 30.6 Å². The van der Waals surface area contributed by atoms with Gasteiger partial charge in [0.2, 0.25) is 16.0 Å². The van der Waals surface area contributed by atoms with E-state index in [-0.39, 0.29) is 33.7 Å². The van der Waals surface area contributed by atoms with Gasteiger partial charge in [0.15, 0.2) is 5.82 Å².